The number of benzene rings is 1. The Kier molecular flexibility index (Phi) is 5.05. The zero-order valence-corrected chi connectivity index (χ0v) is 10.8. The second-order valence-corrected chi connectivity index (χ2v) is 4.73. The van der Waals surface area contributed by atoms with Crippen LogP contribution in [0.5, 0.6) is 5.75 Å². The van der Waals surface area contributed by atoms with Gasteiger partial charge < -0.3 is 20.3 Å². The molecule has 0 aromatic heterocycles. The molecule has 96 valence electrons. The van der Waals surface area contributed by atoms with Gasteiger partial charge in [0.1, 0.15) is 5.75 Å². The summed E-state index contributed by atoms with van der Waals surface area (Å²) in [7, 11) is 1.58. The number of rotatable bonds is 6. The molecule has 0 fully saturated rings. The first-order chi connectivity index (χ1) is 8.04. The highest BCUT2D eigenvalue weighted by Crippen LogP contribution is 2.27. The van der Waals surface area contributed by atoms with Gasteiger partial charge in [0.05, 0.1) is 31.0 Å². The monoisotopic (exact) mass is 259 g/mol. The molecular weight excluding hydrogens is 242 g/mol. The lowest BCUT2D eigenvalue weighted by molar-refractivity contribution is 0.0806. The maximum Gasteiger partial charge on any atom is 0.121 e. The number of anilines is 1. The van der Waals surface area contributed by atoms with E-state index in [1.165, 1.54) is 0 Å². The van der Waals surface area contributed by atoms with E-state index in [-0.39, 0.29) is 13.2 Å². The van der Waals surface area contributed by atoms with Crippen molar-refractivity contribution in [2.24, 2.45) is 5.41 Å². The Morgan fingerprint density at radius 1 is 1.35 bits per heavy atom. The van der Waals surface area contributed by atoms with Gasteiger partial charge in [0.25, 0.3) is 0 Å². The predicted octanol–water partition coefficient (Wildman–Crippen LogP) is 1.75. The molecule has 0 amide bonds. The number of aliphatic hydroxyl groups is 2. The van der Waals surface area contributed by atoms with Gasteiger partial charge in [-0.3, -0.25) is 0 Å². The fraction of sp³-hybridized carbons (Fsp3) is 0.500. The summed E-state index contributed by atoms with van der Waals surface area (Å²) in [6, 6.07) is 5.28. The summed E-state index contributed by atoms with van der Waals surface area (Å²) in [4.78, 5) is 0. The lowest BCUT2D eigenvalue weighted by atomic mass is 9.93. The first kappa shape index (κ1) is 14.1. The molecule has 5 heteroatoms. The number of hydrogen-bond donors (Lipinski definition) is 3. The standard InChI is InChI=1S/C12H18ClNO3/c1-12(7-15,8-16)6-14-11-5-9(17-2)3-4-10(11)13/h3-5,14-16H,6-8H2,1-2H3. The van der Waals surface area contributed by atoms with E-state index in [2.05, 4.69) is 5.32 Å². The molecule has 0 aliphatic rings. The van der Waals surface area contributed by atoms with E-state index in [0.717, 1.165) is 5.69 Å². The molecule has 4 nitrogen and oxygen atoms in total. The van der Waals surface area contributed by atoms with Crippen LogP contribution < -0.4 is 10.1 Å². The summed E-state index contributed by atoms with van der Waals surface area (Å²) in [6.07, 6.45) is 0. The van der Waals surface area contributed by atoms with E-state index in [9.17, 15) is 10.2 Å². The summed E-state index contributed by atoms with van der Waals surface area (Å²) in [5.41, 5.74) is 0.144. The summed E-state index contributed by atoms with van der Waals surface area (Å²) in [5.74, 6) is 0.701. The molecule has 1 aromatic rings. The fourth-order valence-corrected chi connectivity index (χ4v) is 1.42. The minimum atomic E-state index is -0.577. The van der Waals surface area contributed by atoms with Crippen molar-refractivity contribution in [3.63, 3.8) is 0 Å². The summed E-state index contributed by atoms with van der Waals surface area (Å²) < 4.78 is 5.10. The van der Waals surface area contributed by atoms with Gasteiger partial charge in [-0.25, -0.2) is 0 Å². The molecule has 0 spiro atoms. The highest BCUT2D eigenvalue weighted by Gasteiger charge is 2.22. The second kappa shape index (κ2) is 6.10. The number of aliphatic hydroxyl groups excluding tert-OH is 2. The topological polar surface area (TPSA) is 61.7 Å². The second-order valence-electron chi connectivity index (χ2n) is 4.33. The molecule has 0 bridgehead atoms. The molecule has 0 unspecified atom stereocenters. The maximum atomic E-state index is 9.18. The number of hydrogen-bond acceptors (Lipinski definition) is 4. The van der Waals surface area contributed by atoms with E-state index in [1.54, 1.807) is 32.2 Å². The average molecular weight is 260 g/mol. The normalized spacial score (nSPS) is 11.4. The van der Waals surface area contributed by atoms with Crippen LogP contribution in [0.15, 0.2) is 18.2 Å². The molecule has 0 saturated carbocycles. The highest BCUT2D eigenvalue weighted by molar-refractivity contribution is 6.33. The Morgan fingerprint density at radius 3 is 2.53 bits per heavy atom. The smallest absolute Gasteiger partial charge is 0.121 e. The van der Waals surface area contributed by atoms with Crippen LogP contribution in [0.25, 0.3) is 0 Å². The molecule has 3 N–H and O–H groups in total. The van der Waals surface area contributed by atoms with Crippen molar-refractivity contribution in [1.82, 2.24) is 0 Å². The van der Waals surface area contributed by atoms with Gasteiger partial charge in [-0.1, -0.05) is 18.5 Å². The van der Waals surface area contributed by atoms with Crippen LogP contribution in [0.3, 0.4) is 0 Å². The molecule has 0 aliphatic carbocycles. The lowest BCUT2D eigenvalue weighted by Crippen LogP contribution is -2.34. The van der Waals surface area contributed by atoms with E-state index >= 15 is 0 Å². The highest BCUT2D eigenvalue weighted by atomic mass is 35.5. The molecule has 0 saturated heterocycles. The maximum absolute atomic E-state index is 9.18. The zero-order chi connectivity index (χ0) is 12.9. The van der Waals surface area contributed by atoms with Crippen LogP contribution in [0, 0.1) is 5.41 Å². The van der Waals surface area contributed by atoms with Crippen LogP contribution >= 0.6 is 11.6 Å². The molecule has 0 aliphatic heterocycles. The largest absolute Gasteiger partial charge is 0.497 e. The number of nitrogens with one attached hydrogen (secondary N) is 1. The van der Waals surface area contributed by atoms with Gasteiger partial charge in [0, 0.05) is 18.0 Å². The van der Waals surface area contributed by atoms with Crippen molar-refractivity contribution in [3.05, 3.63) is 23.2 Å². The third-order valence-electron chi connectivity index (χ3n) is 2.64. The first-order valence-electron chi connectivity index (χ1n) is 5.34. The fourth-order valence-electron chi connectivity index (χ4n) is 1.24. The third-order valence-corrected chi connectivity index (χ3v) is 2.97. The lowest BCUT2D eigenvalue weighted by Gasteiger charge is -2.25. The minimum absolute atomic E-state index is 0.0991. The Hall–Kier alpha value is -0.970. The Labute approximate surface area is 106 Å². The number of ether oxygens (including phenoxy) is 1. The van der Waals surface area contributed by atoms with Gasteiger partial charge in [0.2, 0.25) is 0 Å². The molecular formula is C12H18ClNO3. The van der Waals surface area contributed by atoms with Crippen molar-refractivity contribution in [3.8, 4) is 5.75 Å². The molecule has 1 rings (SSSR count). The molecule has 17 heavy (non-hydrogen) atoms. The minimum Gasteiger partial charge on any atom is -0.497 e. The summed E-state index contributed by atoms with van der Waals surface area (Å²) >= 11 is 6.03. The van der Waals surface area contributed by atoms with Crippen molar-refractivity contribution >= 4 is 17.3 Å². The Bertz CT molecular complexity index is 367. The van der Waals surface area contributed by atoms with Gasteiger partial charge in [-0.15, -0.1) is 0 Å². The predicted molar refractivity (Wildman–Crippen MR) is 68.8 cm³/mol. The molecule has 0 atom stereocenters. The van der Waals surface area contributed by atoms with Crippen LogP contribution in [0.2, 0.25) is 5.02 Å². The van der Waals surface area contributed by atoms with Crippen LogP contribution in [-0.2, 0) is 0 Å². The Morgan fingerprint density at radius 2 is 2.00 bits per heavy atom. The van der Waals surface area contributed by atoms with Crippen LogP contribution in [0.4, 0.5) is 5.69 Å². The Balaban J connectivity index is 2.74. The third kappa shape index (κ3) is 3.77. The van der Waals surface area contributed by atoms with Crippen molar-refractivity contribution < 1.29 is 14.9 Å². The van der Waals surface area contributed by atoms with Crippen LogP contribution in [0.1, 0.15) is 6.92 Å². The first-order valence-corrected chi connectivity index (χ1v) is 5.71. The molecule has 1 aromatic carbocycles. The summed E-state index contributed by atoms with van der Waals surface area (Å²) in [5, 5.41) is 22.0. The van der Waals surface area contributed by atoms with Crippen molar-refractivity contribution in [2.45, 2.75) is 6.92 Å². The van der Waals surface area contributed by atoms with Gasteiger partial charge in [-0.05, 0) is 12.1 Å². The van der Waals surface area contributed by atoms with Crippen molar-refractivity contribution in [1.29, 1.82) is 0 Å². The molecule has 0 radical (unpaired) electrons. The van der Waals surface area contributed by atoms with E-state index in [0.29, 0.717) is 17.3 Å². The van der Waals surface area contributed by atoms with E-state index in [4.69, 9.17) is 16.3 Å². The van der Waals surface area contributed by atoms with E-state index in [1.807, 2.05) is 0 Å². The van der Waals surface area contributed by atoms with Gasteiger partial charge in [-0.2, -0.15) is 0 Å². The average Bonchev–Trinajstić information content (AvgIpc) is 2.37. The van der Waals surface area contributed by atoms with Gasteiger partial charge >= 0.3 is 0 Å². The quantitative estimate of drug-likeness (QED) is 0.728. The number of halogens is 1. The van der Waals surface area contributed by atoms with Gasteiger partial charge in [0.15, 0.2) is 0 Å². The van der Waals surface area contributed by atoms with E-state index < -0.39 is 5.41 Å². The SMILES string of the molecule is COc1ccc(Cl)c(NCC(C)(CO)CO)c1. The van der Waals surface area contributed by atoms with Crippen LogP contribution in [-0.4, -0.2) is 37.1 Å². The number of methoxy groups -OCH3 is 1. The molecule has 0 heterocycles. The van der Waals surface area contributed by atoms with Crippen molar-refractivity contribution in [2.75, 3.05) is 32.2 Å². The summed E-state index contributed by atoms with van der Waals surface area (Å²) in [6.45, 7) is 2.01. The zero-order valence-electron chi connectivity index (χ0n) is 10.0.